The fourth-order valence-corrected chi connectivity index (χ4v) is 2.56. The Kier molecular flexibility index (Phi) is 7.69. The average molecular weight is 387 g/mol. The van der Waals surface area contributed by atoms with E-state index in [1.54, 1.807) is 30.0 Å². The highest BCUT2D eigenvalue weighted by atomic mass is 32.2. The van der Waals surface area contributed by atoms with Gasteiger partial charge in [-0.05, 0) is 42.2 Å². The highest BCUT2D eigenvalue weighted by Gasteiger charge is 2.11. The monoisotopic (exact) mass is 387 g/mol. The van der Waals surface area contributed by atoms with Crippen molar-refractivity contribution in [1.29, 1.82) is 0 Å². The summed E-state index contributed by atoms with van der Waals surface area (Å²) < 4.78 is 10.3. The molecule has 0 unspecified atom stereocenters. The first kappa shape index (κ1) is 20.3. The topological polar surface area (TPSA) is 89.0 Å². The molecule has 0 fully saturated rings. The van der Waals surface area contributed by atoms with Gasteiger partial charge in [0.05, 0.1) is 27.0 Å². The van der Waals surface area contributed by atoms with Gasteiger partial charge in [0.15, 0.2) is 11.5 Å². The van der Waals surface area contributed by atoms with E-state index >= 15 is 0 Å². The standard InChI is InChI=1S/C19H21N3O4S/c1-25-16-9-6-14(10-17(16)26-2)19(24)20-12-18(23)22-21-11-13-4-7-15(27-3)8-5-13/h4-11H,12H2,1-3H3,(H,20,24)(H,22,23)/b21-11+. The van der Waals surface area contributed by atoms with Crippen molar-refractivity contribution in [2.24, 2.45) is 5.10 Å². The molecule has 0 aliphatic heterocycles. The first-order valence-electron chi connectivity index (χ1n) is 8.03. The number of carbonyl (C=O) groups is 2. The van der Waals surface area contributed by atoms with Crippen molar-refractivity contribution in [1.82, 2.24) is 10.7 Å². The van der Waals surface area contributed by atoms with Gasteiger partial charge in [0.25, 0.3) is 11.8 Å². The van der Waals surface area contributed by atoms with Crippen LogP contribution in [0.25, 0.3) is 0 Å². The van der Waals surface area contributed by atoms with E-state index in [1.165, 1.54) is 20.4 Å². The first-order chi connectivity index (χ1) is 13.1. The molecule has 2 amide bonds. The predicted molar refractivity (Wildman–Crippen MR) is 106 cm³/mol. The van der Waals surface area contributed by atoms with Crippen molar-refractivity contribution in [2.45, 2.75) is 4.90 Å². The minimum absolute atomic E-state index is 0.198. The van der Waals surface area contributed by atoms with Gasteiger partial charge in [-0.1, -0.05) is 12.1 Å². The quantitative estimate of drug-likeness (QED) is 0.412. The van der Waals surface area contributed by atoms with E-state index in [-0.39, 0.29) is 6.54 Å². The Bertz CT molecular complexity index is 822. The van der Waals surface area contributed by atoms with Crippen molar-refractivity contribution in [3.63, 3.8) is 0 Å². The maximum Gasteiger partial charge on any atom is 0.259 e. The summed E-state index contributed by atoms with van der Waals surface area (Å²) in [5, 5.41) is 6.41. The maximum atomic E-state index is 12.1. The summed E-state index contributed by atoms with van der Waals surface area (Å²) >= 11 is 1.65. The molecule has 0 aliphatic rings. The molecule has 0 saturated heterocycles. The summed E-state index contributed by atoms with van der Waals surface area (Å²) in [5.41, 5.74) is 3.60. The number of nitrogens with one attached hydrogen (secondary N) is 2. The van der Waals surface area contributed by atoms with E-state index in [9.17, 15) is 9.59 Å². The summed E-state index contributed by atoms with van der Waals surface area (Å²) in [6.07, 6.45) is 3.54. The molecule has 0 saturated carbocycles. The predicted octanol–water partition coefficient (Wildman–Crippen LogP) is 2.31. The second-order valence-electron chi connectivity index (χ2n) is 5.32. The number of ether oxygens (including phenoxy) is 2. The summed E-state index contributed by atoms with van der Waals surface area (Å²) in [4.78, 5) is 25.1. The molecule has 2 aromatic carbocycles. The second-order valence-corrected chi connectivity index (χ2v) is 6.20. The van der Waals surface area contributed by atoms with Crippen LogP contribution in [0.2, 0.25) is 0 Å². The van der Waals surface area contributed by atoms with Crippen molar-refractivity contribution in [3.8, 4) is 11.5 Å². The number of methoxy groups -OCH3 is 2. The number of hydrogen-bond donors (Lipinski definition) is 2. The van der Waals surface area contributed by atoms with Crippen LogP contribution >= 0.6 is 11.8 Å². The molecule has 142 valence electrons. The highest BCUT2D eigenvalue weighted by molar-refractivity contribution is 7.98. The fourth-order valence-electron chi connectivity index (χ4n) is 2.15. The average Bonchev–Trinajstić information content (AvgIpc) is 2.71. The Morgan fingerprint density at radius 1 is 1.07 bits per heavy atom. The molecule has 0 radical (unpaired) electrons. The summed E-state index contributed by atoms with van der Waals surface area (Å²) in [6, 6.07) is 12.5. The van der Waals surface area contributed by atoms with E-state index in [0.717, 1.165) is 10.5 Å². The number of rotatable bonds is 8. The Hall–Kier alpha value is -3.00. The molecule has 0 spiro atoms. The highest BCUT2D eigenvalue weighted by Crippen LogP contribution is 2.27. The van der Waals surface area contributed by atoms with Gasteiger partial charge < -0.3 is 14.8 Å². The Balaban J connectivity index is 1.83. The van der Waals surface area contributed by atoms with Crippen LogP contribution in [0.5, 0.6) is 11.5 Å². The first-order valence-corrected chi connectivity index (χ1v) is 9.26. The lowest BCUT2D eigenvalue weighted by Gasteiger charge is -2.09. The molecule has 0 atom stereocenters. The zero-order valence-corrected chi connectivity index (χ0v) is 16.1. The lowest BCUT2D eigenvalue weighted by Crippen LogP contribution is -2.34. The van der Waals surface area contributed by atoms with Crippen LogP contribution in [-0.4, -0.2) is 45.0 Å². The fraction of sp³-hybridized carbons (Fsp3) is 0.211. The molecule has 0 aliphatic carbocycles. The summed E-state index contributed by atoms with van der Waals surface area (Å²) in [6.45, 7) is -0.198. The number of nitrogens with zero attached hydrogens (tertiary/aromatic N) is 1. The van der Waals surface area contributed by atoms with Crippen molar-refractivity contribution in [3.05, 3.63) is 53.6 Å². The van der Waals surface area contributed by atoms with Gasteiger partial charge in [-0.3, -0.25) is 9.59 Å². The van der Waals surface area contributed by atoms with E-state index in [2.05, 4.69) is 15.8 Å². The molecule has 2 aromatic rings. The summed E-state index contributed by atoms with van der Waals surface area (Å²) in [7, 11) is 3.00. The Morgan fingerprint density at radius 2 is 1.78 bits per heavy atom. The normalized spacial score (nSPS) is 10.5. The lowest BCUT2D eigenvalue weighted by atomic mass is 10.2. The maximum absolute atomic E-state index is 12.1. The van der Waals surface area contributed by atoms with Gasteiger partial charge in [0.2, 0.25) is 0 Å². The minimum atomic E-state index is -0.430. The van der Waals surface area contributed by atoms with Gasteiger partial charge >= 0.3 is 0 Å². The van der Waals surface area contributed by atoms with Crippen LogP contribution in [0, 0.1) is 0 Å². The van der Waals surface area contributed by atoms with Gasteiger partial charge in [-0.25, -0.2) is 5.43 Å². The van der Waals surface area contributed by atoms with Crippen LogP contribution in [0.15, 0.2) is 52.5 Å². The number of thioether (sulfide) groups is 1. The number of carbonyl (C=O) groups excluding carboxylic acids is 2. The zero-order chi connectivity index (χ0) is 19.6. The third-order valence-corrected chi connectivity index (χ3v) is 4.32. The molecular weight excluding hydrogens is 366 g/mol. The largest absolute Gasteiger partial charge is 0.493 e. The Labute approximate surface area is 162 Å². The van der Waals surface area contributed by atoms with Crippen LogP contribution in [0.1, 0.15) is 15.9 Å². The molecule has 0 bridgehead atoms. The van der Waals surface area contributed by atoms with E-state index < -0.39 is 11.8 Å². The number of benzene rings is 2. The van der Waals surface area contributed by atoms with E-state index in [4.69, 9.17) is 9.47 Å². The van der Waals surface area contributed by atoms with Gasteiger partial charge in [-0.15, -0.1) is 11.8 Å². The smallest absolute Gasteiger partial charge is 0.259 e. The molecule has 0 aromatic heterocycles. The van der Waals surface area contributed by atoms with Gasteiger partial charge in [0, 0.05) is 10.5 Å². The van der Waals surface area contributed by atoms with Crippen LogP contribution < -0.4 is 20.2 Å². The van der Waals surface area contributed by atoms with E-state index in [1.807, 2.05) is 30.5 Å². The zero-order valence-electron chi connectivity index (χ0n) is 15.3. The molecule has 0 heterocycles. The van der Waals surface area contributed by atoms with Gasteiger partial charge in [-0.2, -0.15) is 5.10 Å². The Morgan fingerprint density at radius 3 is 2.41 bits per heavy atom. The third-order valence-electron chi connectivity index (χ3n) is 3.57. The molecule has 2 N–H and O–H groups in total. The number of hydrazone groups is 1. The van der Waals surface area contributed by atoms with E-state index in [0.29, 0.717) is 17.1 Å². The second kappa shape index (κ2) is 10.2. The summed E-state index contributed by atoms with van der Waals surface area (Å²) in [5.74, 6) is 0.127. The third kappa shape index (κ3) is 6.03. The molecule has 2 rings (SSSR count). The van der Waals surface area contributed by atoms with Crippen molar-refractivity contribution >= 4 is 29.8 Å². The number of amides is 2. The van der Waals surface area contributed by atoms with Crippen molar-refractivity contribution in [2.75, 3.05) is 27.0 Å². The van der Waals surface area contributed by atoms with Crippen molar-refractivity contribution < 1.29 is 19.1 Å². The van der Waals surface area contributed by atoms with Crippen LogP contribution in [0.3, 0.4) is 0 Å². The van der Waals surface area contributed by atoms with Gasteiger partial charge in [0.1, 0.15) is 0 Å². The number of hydrogen-bond acceptors (Lipinski definition) is 6. The molecule has 8 heteroatoms. The SMILES string of the molecule is COc1ccc(C(=O)NCC(=O)N/N=C/c2ccc(SC)cc2)cc1OC. The van der Waals surface area contributed by atoms with Crippen LogP contribution in [0.4, 0.5) is 0 Å². The molecule has 27 heavy (non-hydrogen) atoms. The lowest BCUT2D eigenvalue weighted by molar-refractivity contribution is -0.120. The minimum Gasteiger partial charge on any atom is -0.493 e. The molecule has 7 nitrogen and oxygen atoms in total. The van der Waals surface area contributed by atoms with Crippen LogP contribution in [-0.2, 0) is 4.79 Å². The molecular formula is C19H21N3O4S.